The van der Waals surface area contributed by atoms with E-state index in [2.05, 4.69) is 10.0 Å². The van der Waals surface area contributed by atoms with Crippen molar-refractivity contribution in [1.82, 2.24) is 14.9 Å². The van der Waals surface area contributed by atoms with Crippen molar-refractivity contribution < 1.29 is 8.42 Å². The van der Waals surface area contributed by atoms with Crippen molar-refractivity contribution in [3.63, 3.8) is 0 Å². The van der Waals surface area contributed by atoms with E-state index in [0.29, 0.717) is 11.6 Å². The molecule has 120 valence electrons. The molecule has 0 fully saturated rings. The van der Waals surface area contributed by atoms with Crippen LogP contribution in [0.3, 0.4) is 0 Å². The van der Waals surface area contributed by atoms with Crippen LogP contribution in [0.1, 0.15) is 18.9 Å². The zero-order valence-corrected chi connectivity index (χ0v) is 14.6. The molecule has 2 N–H and O–H groups in total. The summed E-state index contributed by atoms with van der Waals surface area (Å²) in [6.45, 7) is 3.22. The minimum atomic E-state index is -3.52. The van der Waals surface area contributed by atoms with Crippen molar-refractivity contribution in [2.45, 2.75) is 30.8 Å². The van der Waals surface area contributed by atoms with Gasteiger partial charge in [-0.15, -0.1) is 0 Å². The second kappa shape index (κ2) is 8.10. The average Bonchev–Trinajstić information content (AvgIpc) is 2.38. The van der Waals surface area contributed by atoms with Crippen LogP contribution in [-0.4, -0.2) is 47.0 Å². The van der Waals surface area contributed by atoms with Crippen LogP contribution in [-0.2, 0) is 16.6 Å². The lowest BCUT2D eigenvalue weighted by Gasteiger charge is -2.17. The summed E-state index contributed by atoms with van der Waals surface area (Å²) in [6.07, 6.45) is 0.753. The average molecular weight is 334 g/mol. The number of hydrogen-bond donors (Lipinski definition) is 2. The zero-order chi connectivity index (χ0) is 16.0. The first-order chi connectivity index (χ1) is 9.76. The molecule has 21 heavy (non-hydrogen) atoms. The Balaban J connectivity index is 2.85. The molecule has 1 rings (SSSR count). The number of halogens is 1. The normalized spacial score (nSPS) is 13.6. The van der Waals surface area contributed by atoms with Gasteiger partial charge in [0.05, 0.1) is 4.90 Å². The second-order valence-electron chi connectivity index (χ2n) is 5.40. The minimum absolute atomic E-state index is 0.124. The molecular weight excluding hydrogens is 310 g/mol. The molecule has 0 saturated heterocycles. The van der Waals surface area contributed by atoms with Gasteiger partial charge in [0.25, 0.3) is 0 Å². The monoisotopic (exact) mass is 333 g/mol. The van der Waals surface area contributed by atoms with Gasteiger partial charge in [0.2, 0.25) is 10.0 Å². The van der Waals surface area contributed by atoms with Crippen LogP contribution < -0.4 is 10.0 Å². The van der Waals surface area contributed by atoms with E-state index in [-0.39, 0.29) is 10.9 Å². The fourth-order valence-electron chi connectivity index (χ4n) is 1.89. The van der Waals surface area contributed by atoms with Gasteiger partial charge in [-0.1, -0.05) is 11.6 Å². The summed E-state index contributed by atoms with van der Waals surface area (Å²) in [4.78, 5) is 2.27. The van der Waals surface area contributed by atoms with Crippen LogP contribution in [0.15, 0.2) is 23.1 Å². The Kier molecular flexibility index (Phi) is 7.09. The van der Waals surface area contributed by atoms with Crippen molar-refractivity contribution in [3.05, 3.63) is 28.8 Å². The highest BCUT2D eigenvalue weighted by Gasteiger charge is 2.18. The van der Waals surface area contributed by atoms with Crippen molar-refractivity contribution in [2.75, 3.05) is 27.7 Å². The summed E-state index contributed by atoms with van der Waals surface area (Å²) in [5, 5.41) is 3.53. The maximum Gasteiger partial charge on any atom is 0.240 e. The van der Waals surface area contributed by atoms with E-state index < -0.39 is 10.0 Å². The third-order valence-electron chi connectivity index (χ3n) is 3.06. The minimum Gasteiger partial charge on any atom is -0.316 e. The van der Waals surface area contributed by atoms with Gasteiger partial charge in [0, 0.05) is 17.6 Å². The summed E-state index contributed by atoms with van der Waals surface area (Å²) in [7, 11) is 2.20. The highest BCUT2D eigenvalue weighted by Crippen LogP contribution is 2.20. The highest BCUT2D eigenvalue weighted by atomic mass is 35.5. The topological polar surface area (TPSA) is 61.4 Å². The molecule has 1 aromatic rings. The summed E-state index contributed by atoms with van der Waals surface area (Å²) in [6, 6.07) is 4.64. The van der Waals surface area contributed by atoms with Crippen LogP contribution in [0.25, 0.3) is 0 Å². The van der Waals surface area contributed by atoms with Gasteiger partial charge in [-0.25, -0.2) is 13.1 Å². The Morgan fingerprint density at radius 1 is 1.33 bits per heavy atom. The molecule has 7 heteroatoms. The van der Waals surface area contributed by atoms with Gasteiger partial charge < -0.3 is 10.2 Å². The molecule has 5 nitrogen and oxygen atoms in total. The number of rotatable bonds is 8. The first kappa shape index (κ1) is 18.4. The quantitative estimate of drug-likeness (QED) is 0.760. The number of hydrogen-bond acceptors (Lipinski definition) is 4. The molecule has 0 spiro atoms. The van der Waals surface area contributed by atoms with Crippen molar-refractivity contribution in [2.24, 2.45) is 0 Å². The second-order valence-corrected chi connectivity index (χ2v) is 7.52. The Morgan fingerprint density at radius 3 is 2.57 bits per heavy atom. The first-order valence-corrected chi connectivity index (χ1v) is 8.72. The lowest BCUT2D eigenvalue weighted by Crippen LogP contribution is -2.34. The number of benzene rings is 1. The third-order valence-corrected chi connectivity index (χ3v) is 5.02. The van der Waals surface area contributed by atoms with Crippen molar-refractivity contribution in [1.29, 1.82) is 0 Å². The fraction of sp³-hybridized carbons (Fsp3) is 0.571. The van der Waals surface area contributed by atoms with Crippen molar-refractivity contribution in [3.8, 4) is 0 Å². The predicted octanol–water partition coefficient (Wildman–Crippen LogP) is 1.68. The molecule has 0 heterocycles. The maximum atomic E-state index is 12.4. The van der Waals surface area contributed by atoms with E-state index in [1.54, 1.807) is 19.2 Å². The standard InChI is InChI=1S/C14H24ClN3O2S/c1-11(7-8-18(3)4)17-21(19,20)13-5-6-14(15)12(9-13)10-16-2/h5-6,9,11,16-17H,7-8,10H2,1-4H3. The first-order valence-electron chi connectivity index (χ1n) is 6.86. The summed E-state index contributed by atoms with van der Waals surface area (Å²) in [5.41, 5.74) is 0.767. The fourth-order valence-corrected chi connectivity index (χ4v) is 3.40. The number of sulfonamides is 1. The molecule has 1 aromatic carbocycles. The molecule has 0 bridgehead atoms. The van der Waals surface area contributed by atoms with Gasteiger partial charge in [-0.05, 0) is 64.8 Å². The largest absolute Gasteiger partial charge is 0.316 e. The van der Waals surface area contributed by atoms with Crippen LogP contribution in [0.2, 0.25) is 5.02 Å². The maximum absolute atomic E-state index is 12.4. The molecule has 0 saturated carbocycles. The Hall–Kier alpha value is -0.660. The molecule has 0 aromatic heterocycles. The molecular formula is C14H24ClN3O2S. The molecule has 1 atom stereocenters. The summed E-state index contributed by atoms with van der Waals surface area (Å²) in [5.74, 6) is 0. The van der Waals surface area contributed by atoms with Gasteiger partial charge >= 0.3 is 0 Å². The molecule has 0 aliphatic rings. The van der Waals surface area contributed by atoms with Crippen LogP contribution in [0.5, 0.6) is 0 Å². The molecule has 0 amide bonds. The predicted molar refractivity (Wildman–Crippen MR) is 87.2 cm³/mol. The SMILES string of the molecule is CNCc1cc(S(=O)(=O)NC(C)CCN(C)C)ccc1Cl. The van der Waals surface area contributed by atoms with E-state index in [4.69, 9.17) is 11.6 Å². The Morgan fingerprint density at radius 2 is 2.00 bits per heavy atom. The molecule has 0 radical (unpaired) electrons. The van der Waals surface area contributed by atoms with Crippen LogP contribution in [0, 0.1) is 0 Å². The van der Waals surface area contributed by atoms with E-state index >= 15 is 0 Å². The van der Waals surface area contributed by atoms with E-state index in [1.165, 1.54) is 6.07 Å². The highest BCUT2D eigenvalue weighted by molar-refractivity contribution is 7.89. The van der Waals surface area contributed by atoms with E-state index in [9.17, 15) is 8.42 Å². The van der Waals surface area contributed by atoms with Gasteiger partial charge in [-0.2, -0.15) is 0 Å². The van der Waals surface area contributed by atoms with Crippen LogP contribution in [0.4, 0.5) is 0 Å². The summed E-state index contributed by atoms with van der Waals surface area (Å²) >= 11 is 6.05. The van der Waals surface area contributed by atoms with Gasteiger partial charge in [-0.3, -0.25) is 0 Å². The van der Waals surface area contributed by atoms with E-state index in [0.717, 1.165) is 18.5 Å². The Labute approximate surface area is 132 Å². The van der Waals surface area contributed by atoms with Crippen LogP contribution >= 0.6 is 11.6 Å². The van der Waals surface area contributed by atoms with Gasteiger partial charge in [0.1, 0.15) is 0 Å². The zero-order valence-electron chi connectivity index (χ0n) is 13.0. The van der Waals surface area contributed by atoms with Crippen molar-refractivity contribution >= 4 is 21.6 Å². The lowest BCUT2D eigenvalue weighted by atomic mass is 10.2. The third kappa shape index (κ3) is 5.92. The lowest BCUT2D eigenvalue weighted by molar-refractivity contribution is 0.379. The van der Waals surface area contributed by atoms with Gasteiger partial charge in [0.15, 0.2) is 0 Å². The smallest absolute Gasteiger partial charge is 0.240 e. The molecule has 0 aliphatic carbocycles. The molecule has 1 unspecified atom stereocenters. The number of nitrogens with zero attached hydrogens (tertiary/aromatic N) is 1. The molecule has 0 aliphatic heterocycles. The summed E-state index contributed by atoms with van der Waals surface area (Å²) < 4.78 is 27.4. The number of nitrogens with one attached hydrogen (secondary N) is 2. The van der Waals surface area contributed by atoms with E-state index in [1.807, 2.05) is 25.9 Å². The Bertz CT molecular complexity index is 561.